The molecule has 0 aromatic carbocycles. The van der Waals surface area contributed by atoms with Gasteiger partial charge in [-0.1, -0.05) is 6.42 Å². The predicted octanol–water partition coefficient (Wildman–Crippen LogP) is 2.16. The maximum Gasteiger partial charge on any atom is 0.244 e. The van der Waals surface area contributed by atoms with Gasteiger partial charge in [0.25, 0.3) is 0 Å². The van der Waals surface area contributed by atoms with Crippen LogP contribution in [0.15, 0.2) is 16.3 Å². The summed E-state index contributed by atoms with van der Waals surface area (Å²) in [5.41, 5.74) is 5.62. The maximum absolute atomic E-state index is 12.7. The van der Waals surface area contributed by atoms with Crippen molar-refractivity contribution in [3.63, 3.8) is 0 Å². The Kier molecular flexibility index (Phi) is 4.11. The third-order valence-electron chi connectivity index (χ3n) is 3.56. The second-order valence-corrected chi connectivity index (χ2v) is 7.69. The number of piperidine rings is 1. The highest BCUT2D eigenvalue weighted by Crippen LogP contribution is 2.32. The molecule has 1 saturated heterocycles. The van der Waals surface area contributed by atoms with Gasteiger partial charge >= 0.3 is 0 Å². The van der Waals surface area contributed by atoms with Gasteiger partial charge in [-0.15, -0.1) is 11.3 Å². The Morgan fingerprint density at radius 1 is 1.39 bits per heavy atom. The minimum atomic E-state index is -3.40. The summed E-state index contributed by atoms with van der Waals surface area (Å²) in [4.78, 5) is 1.15. The minimum Gasteiger partial charge on any atom is -0.326 e. The Hall–Kier alpha value is -0.430. The SMILES string of the molecule is CC1CCCC(C)N1S(=O)(=O)c1ccsc1CN. The Bertz CT molecular complexity index is 500. The molecule has 2 atom stereocenters. The van der Waals surface area contributed by atoms with Crippen molar-refractivity contribution in [1.82, 2.24) is 4.31 Å². The van der Waals surface area contributed by atoms with Crippen molar-refractivity contribution in [2.75, 3.05) is 0 Å². The van der Waals surface area contributed by atoms with Crippen molar-refractivity contribution in [2.45, 2.75) is 56.6 Å². The maximum atomic E-state index is 12.7. The van der Waals surface area contributed by atoms with Crippen molar-refractivity contribution in [1.29, 1.82) is 0 Å². The van der Waals surface area contributed by atoms with Gasteiger partial charge in [0, 0.05) is 23.5 Å². The molecule has 2 rings (SSSR count). The summed E-state index contributed by atoms with van der Waals surface area (Å²) in [5.74, 6) is 0. The molecule has 0 bridgehead atoms. The van der Waals surface area contributed by atoms with E-state index in [2.05, 4.69) is 0 Å². The van der Waals surface area contributed by atoms with E-state index in [0.29, 0.717) is 4.90 Å². The lowest BCUT2D eigenvalue weighted by Crippen LogP contribution is -2.47. The van der Waals surface area contributed by atoms with Gasteiger partial charge in [0.1, 0.15) is 0 Å². The minimum absolute atomic E-state index is 0.0734. The number of nitrogens with two attached hydrogens (primary N) is 1. The average molecular weight is 288 g/mol. The van der Waals surface area contributed by atoms with Crippen LogP contribution in [0.25, 0.3) is 0 Å². The summed E-state index contributed by atoms with van der Waals surface area (Å²) in [6.07, 6.45) is 2.97. The van der Waals surface area contributed by atoms with Gasteiger partial charge in [-0.3, -0.25) is 0 Å². The van der Waals surface area contributed by atoms with Gasteiger partial charge in [0.05, 0.1) is 4.90 Å². The smallest absolute Gasteiger partial charge is 0.244 e. The molecule has 0 spiro atoms. The van der Waals surface area contributed by atoms with Crippen LogP contribution in [-0.2, 0) is 16.6 Å². The fourth-order valence-corrected chi connectivity index (χ4v) is 5.88. The molecule has 2 heterocycles. The van der Waals surface area contributed by atoms with Crippen LogP contribution >= 0.6 is 11.3 Å². The van der Waals surface area contributed by atoms with Crippen molar-refractivity contribution in [2.24, 2.45) is 5.73 Å². The molecular formula is C12H20N2O2S2. The van der Waals surface area contributed by atoms with E-state index in [-0.39, 0.29) is 18.6 Å². The van der Waals surface area contributed by atoms with Crippen LogP contribution in [0.3, 0.4) is 0 Å². The van der Waals surface area contributed by atoms with E-state index in [1.807, 2.05) is 13.8 Å². The number of thiophene rings is 1. The van der Waals surface area contributed by atoms with Gasteiger partial charge in [-0.25, -0.2) is 8.42 Å². The molecule has 0 saturated carbocycles. The third-order valence-corrected chi connectivity index (χ3v) is 6.84. The molecule has 0 aliphatic carbocycles. The molecule has 6 heteroatoms. The zero-order chi connectivity index (χ0) is 13.3. The lowest BCUT2D eigenvalue weighted by atomic mass is 10.0. The Morgan fingerprint density at radius 3 is 2.56 bits per heavy atom. The summed E-state index contributed by atoms with van der Waals surface area (Å²) in [6, 6.07) is 1.82. The van der Waals surface area contributed by atoms with E-state index in [4.69, 9.17) is 5.73 Å². The lowest BCUT2D eigenvalue weighted by Gasteiger charge is -2.37. The molecule has 18 heavy (non-hydrogen) atoms. The van der Waals surface area contributed by atoms with Gasteiger partial charge in [-0.05, 0) is 38.1 Å². The normalized spacial score (nSPS) is 26.4. The molecule has 2 unspecified atom stereocenters. The van der Waals surface area contributed by atoms with Gasteiger partial charge in [0.15, 0.2) is 0 Å². The number of rotatable bonds is 3. The van der Waals surface area contributed by atoms with Gasteiger partial charge < -0.3 is 5.73 Å². The average Bonchev–Trinajstić information content (AvgIpc) is 2.77. The summed E-state index contributed by atoms with van der Waals surface area (Å²) in [7, 11) is -3.40. The van der Waals surface area contributed by atoms with Crippen LogP contribution in [0.1, 0.15) is 38.0 Å². The third kappa shape index (κ3) is 2.34. The lowest BCUT2D eigenvalue weighted by molar-refractivity contribution is 0.204. The molecule has 2 N–H and O–H groups in total. The summed E-state index contributed by atoms with van der Waals surface area (Å²) in [5, 5.41) is 1.80. The molecule has 0 amide bonds. The van der Waals surface area contributed by atoms with Crippen LogP contribution in [-0.4, -0.2) is 24.8 Å². The topological polar surface area (TPSA) is 63.4 Å². The quantitative estimate of drug-likeness (QED) is 0.927. The number of sulfonamides is 1. The Labute approximate surface area is 113 Å². The first kappa shape index (κ1) is 14.0. The van der Waals surface area contributed by atoms with E-state index >= 15 is 0 Å². The molecule has 1 aliphatic heterocycles. The number of nitrogens with zero attached hydrogens (tertiary/aromatic N) is 1. The first-order valence-corrected chi connectivity index (χ1v) is 8.60. The second-order valence-electron chi connectivity index (χ2n) is 4.88. The fraction of sp³-hybridized carbons (Fsp3) is 0.667. The highest BCUT2D eigenvalue weighted by Gasteiger charge is 2.36. The largest absolute Gasteiger partial charge is 0.326 e. The summed E-state index contributed by atoms with van der Waals surface area (Å²) >= 11 is 1.41. The highest BCUT2D eigenvalue weighted by molar-refractivity contribution is 7.89. The highest BCUT2D eigenvalue weighted by atomic mass is 32.2. The van der Waals surface area contributed by atoms with Gasteiger partial charge in [0.2, 0.25) is 10.0 Å². The van der Waals surface area contributed by atoms with E-state index in [0.717, 1.165) is 24.1 Å². The van der Waals surface area contributed by atoms with Crippen LogP contribution in [0.4, 0.5) is 0 Å². The summed E-state index contributed by atoms with van der Waals surface area (Å²) in [6.45, 7) is 4.26. The molecule has 1 fully saturated rings. The zero-order valence-corrected chi connectivity index (χ0v) is 12.4. The van der Waals surface area contributed by atoms with Crippen molar-refractivity contribution >= 4 is 21.4 Å². The van der Waals surface area contributed by atoms with Crippen LogP contribution in [0, 0.1) is 0 Å². The standard InChI is InChI=1S/C12H20N2O2S2/c1-9-4-3-5-10(2)14(9)18(15,16)12-6-7-17-11(12)8-13/h6-7,9-10H,3-5,8,13H2,1-2H3. The Morgan fingerprint density at radius 2 is 2.00 bits per heavy atom. The first-order valence-electron chi connectivity index (χ1n) is 6.28. The van der Waals surface area contributed by atoms with Crippen LogP contribution in [0.5, 0.6) is 0 Å². The van der Waals surface area contributed by atoms with Crippen molar-refractivity contribution in [3.8, 4) is 0 Å². The zero-order valence-electron chi connectivity index (χ0n) is 10.8. The Balaban J connectivity index is 2.41. The summed E-state index contributed by atoms with van der Waals surface area (Å²) < 4.78 is 27.1. The van der Waals surface area contributed by atoms with Crippen molar-refractivity contribution in [3.05, 3.63) is 16.3 Å². The van der Waals surface area contributed by atoms with E-state index in [1.54, 1.807) is 15.8 Å². The molecule has 1 aromatic rings. The molecular weight excluding hydrogens is 268 g/mol. The first-order chi connectivity index (χ1) is 8.48. The monoisotopic (exact) mass is 288 g/mol. The number of hydrogen-bond donors (Lipinski definition) is 1. The van der Waals surface area contributed by atoms with Crippen LogP contribution in [0.2, 0.25) is 0 Å². The molecule has 1 aromatic heterocycles. The molecule has 1 aliphatic rings. The molecule has 0 radical (unpaired) electrons. The van der Waals surface area contributed by atoms with Crippen molar-refractivity contribution < 1.29 is 8.42 Å². The van der Waals surface area contributed by atoms with E-state index in [1.165, 1.54) is 11.3 Å². The van der Waals surface area contributed by atoms with E-state index < -0.39 is 10.0 Å². The molecule has 102 valence electrons. The van der Waals surface area contributed by atoms with E-state index in [9.17, 15) is 8.42 Å². The fourth-order valence-electron chi connectivity index (χ4n) is 2.69. The van der Waals surface area contributed by atoms with Gasteiger partial charge in [-0.2, -0.15) is 4.31 Å². The number of hydrogen-bond acceptors (Lipinski definition) is 4. The predicted molar refractivity (Wildman–Crippen MR) is 74.0 cm³/mol. The van der Waals surface area contributed by atoms with Crippen LogP contribution < -0.4 is 5.73 Å². The molecule has 4 nitrogen and oxygen atoms in total. The second kappa shape index (κ2) is 5.28.